The molecule has 0 unspecified atom stereocenters. The van der Waals surface area contributed by atoms with E-state index in [1.54, 1.807) is 13.8 Å². The second-order valence-electron chi connectivity index (χ2n) is 6.19. The molecule has 0 aromatic heterocycles. The Balaban J connectivity index is 1.97. The number of hydrogen-bond donors (Lipinski definition) is 1. The Bertz CT molecular complexity index is 1030. The maximum atomic E-state index is 13.0. The highest BCUT2D eigenvalue weighted by molar-refractivity contribution is 6.33. The third kappa shape index (κ3) is 4.22. The Hall–Kier alpha value is -3.00. The molecule has 0 atom stereocenters. The molecule has 9 heteroatoms. The van der Waals surface area contributed by atoms with Gasteiger partial charge in [-0.3, -0.25) is 4.79 Å². The van der Waals surface area contributed by atoms with Gasteiger partial charge in [0, 0.05) is 0 Å². The summed E-state index contributed by atoms with van der Waals surface area (Å²) in [4.78, 5) is 12.8. The van der Waals surface area contributed by atoms with Crippen LogP contribution in [0.5, 0.6) is 11.5 Å². The predicted molar refractivity (Wildman–Crippen MR) is 104 cm³/mol. The molecule has 0 saturated carbocycles. The number of carbonyl (C=O) groups excluding carboxylic acids is 1. The Morgan fingerprint density at radius 1 is 1.28 bits per heavy atom. The van der Waals surface area contributed by atoms with Crippen molar-refractivity contribution in [3.05, 3.63) is 58.1 Å². The number of anilines is 1. The van der Waals surface area contributed by atoms with Gasteiger partial charge in [-0.15, -0.1) is 0 Å². The third-order valence-corrected chi connectivity index (χ3v) is 4.43. The molecule has 0 spiro atoms. The molecule has 0 aliphatic carbocycles. The van der Waals surface area contributed by atoms with E-state index in [0.717, 1.165) is 17.1 Å². The summed E-state index contributed by atoms with van der Waals surface area (Å²) in [5, 5.41) is 15.0. The van der Waals surface area contributed by atoms with Crippen molar-refractivity contribution in [1.29, 1.82) is 0 Å². The van der Waals surface area contributed by atoms with Crippen molar-refractivity contribution in [3.8, 4) is 11.5 Å². The average molecular weight is 425 g/mol. The molecule has 2 aromatic rings. The smallest absolute Gasteiger partial charge is 0.416 e. The number of carbonyl (C=O) groups is 1. The van der Waals surface area contributed by atoms with Crippen LogP contribution in [-0.4, -0.2) is 23.3 Å². The summed E-state index contributed by atoms with van der Waals surface area (Å²) >= 11 is 6.01. The molecule has 0 bridgehead atoms. The molecule has 2 aromatic carbocycles. The van der Waals surface area contributed by atoms with Gasteiger partial charge in [-0.05, 0) is 55.8 Å². The highest BCUT2D eigenvalue weighted by atomic mass is 35.5. The van der Waals surface area contributed by atoms with Crippen molar-refractivity contribution in [2.24, 2.45) is 5.10 Å². The number of alkyl halides is 3. The number of ether oxygens (including phenoxy) is 1. The topological polar surface area (TPSA) is 62.1 Å². The fourth-order valence-electron chi connectivity index (χ4n) is 2.78. The fraction of sp³-hybridized carbons (Fsp3) is 0.200. The number of phenols is 1. The molecular formula is C20H16ClF3N2O3. The van der Waals surface area contributed by atoms with Gasteiger partial charge in [0.05, 0.1) is 34.2 Å². The van der Waals surface area contributed by atoms with Crippen molar-refractivity contribution >= 4 is 35.0 Å². The second kappa shape index (κ2) is 7.79. The molecule has 29 heavy (non-hydrogen) atoms. The first-order valence-corrected chi connectivity index (χ1v) is 8.94. The Labute approximate surface area is 169 Å². The van der Waals surface area contributed by atoms with Crippen LogP contribution in [0.4, 0.5) is 18.9 Å². The lowest BCUT2D eigenvalue weighted by molar-refractivity contribution is -0.137. The van der Waals surface area contributed by atoms with Crippen molar-refractivity contribution in [2.45, 2.75) is 20.0 Å². The van der Waals surface area contributed by atoms with Crippen LogP contribution >= 0.6 is 11.6 Å². The number of benzene rings is 2. The lowest BCUT2D eigenvalue weighted by Crippen LogP contribution is -2.21. The van der Waals surface area contributed by atoms with Gasteiger partial charge in [0.25, 0.3) is 5.91 Å². The van der Waals surface area contributed by atoms with E-state index in [1.165, 1.54) is 30.3 Å². The van der Waals surface area contributed by atoms with Crippen molar-refractivity contribution in [2.75, 3.05) is 11.6 Å². The van der Waals surface area contributed by atoms with E-state index < -0.39 is 17.6 Å². The lowest BCUT2D eigenvalue weighted by Gasteiger charge is -2.14. The molecule has 1 amide bonds. The summed E-state index contributed by atoms with van der Waals surface area (Å²) in [6, 6.07) is 7.32. The number of aromatic hydroxyl groups is 1. The SMILES string of the molecule is CCOc1cc(/C=C2\C(=O)N(c3cccc(C(F)(F)F)c3)N=C2C)cc(Cl)c1O. The zero-order valence-corrected chi connectivity index (χ0v) is 16.2. The standard InChI is InChI=1S/C20H16ClF3N2O3/c1-3-29-17-9-12(8-16(21)18(17)27)7-15-11(2)25-26(19(15)28)14-6-4-5-13(10-14)20(22,23)24/h4-10,27H,3H2,1-2H3/b15-7-. The minimum Gasteiger partial charge on any atom is -0.503 e. The van der Waals surface area contributed by atoms with E-state index in [1.807, 2.05) is 0 Å². The quantitative estimate of drug-likeness (QED) is 0.680. The summed E-state index contributed by atoms with van der Waals surface area (Å²) in [6.45, 7) is 3.61. The van der Waals surface area contributed by atoms with E-state index in [9.17, 15) is 23.1 Å². The number of hydrogen-bond acceptors (Lipinski definition) is 4. The molecule has 5 nitrogen and oxygen atoms in total. The van der Waals surface area contributed by atoms with Gasteiger partial charge in [-0.1, -0.05) is 17.7 Å². The number of phenolic OH excluding ortho intramolecular Hbond substituents is 1. The molecule has 0 radical (unpaired) electrons. The molecule has 1 heterocycles. The maximum absolute atomic E-state index is 13.0. The number of halogens is 4. The summed E-state index contributed by atoms with van der Waals surface area (Å²) in [6.07, 6.45) is -3.04. The average Bonchev–Trinajstić information content (AvgIpc) is 2.93. The molecule has 1 N–H and O–H groups in total. The van der Waals surface area contributed by atoms with Crippen LogP contribution in [0.25, 0.3) is 6.08 Å². The van der Waals surface area contributed by atoms with Crippen molar-refractivity contribution in [1.82, 2.24) is 0 Å². The minimum absolute atomic E-state index is 0.00585. The van der Waals surface area contributed by atoms with E-state index in [4.69, 9.17) is 16.3 Å². The van der Waals surface area contributed by atoms with Crippen LogP contribution in [0.15, 0.2) is 47.1 Å². The van der Waals surface area contributed by atoms with Crippen LogP contribution in [0.3, 0.4) is 0 Å². The monoisotopic (exact) mass is 424 g/mol. The summed E-state index contributed by atoms with van der Waals surface area (Å²) in [7, 11) is 0. The van der Waals surface area contributed by atoms with Gasteiger partial charge in [0.1, 0.15) is 0 Å². The van der Waals surface area contributed by atoms with E-state index >= 15 is 0 Å². The molecule has 1 aliphatic rings. The maximum Gasteiger partial charge on any atom is 0.416 e. The highest BCUT2D eigenvalue weighted by Crippen LogP contribution is 2.37. The first-order valence-electron chi connectivity index (χ1n) is 8.56. The zero-order valence-electron chi connectivity index (χ0n) is 15.4. The predicted octanol–water partition coefficient (Wildman–Crippen LogP) is 5.27. The summed E-state index contributed by atoms with van der Waals surface area (Å²) < 4.78 is 44.2. The van der Waals surface area contributed by atoms with Crippen LogP contribution in [0, 0.1) is 0 Å². The zero-order chi connectivity index (χ0) is 21.3. The molecule has 0 fully saturated rings. The van der Waals surface area contributed by atoms with Crippen molar-refractivity contribution in [3.63, 3.8) is 0 Å². The van der Waals surface area contributed by atoms with Crippen LogP contribution in [-0.2, 0) is 11.0 Å². The van der Waals surface area contributed by atoms with Crippen LogP contribution in [0.2, 0.25) is 5.02 Å². The van der Waals surface area contributed by atoms with E-state index in [-0.39, 0.29) is 27.8 Å². The largest absolute Gasteiger partial charge is 0.503 e. The molecule has 3 rings (SSSR count). The number of nitrogens with zero attached hydrogens (tertiary/aromatic N) is 2. The van der Waals surface area contributed by atoms with E-state index in [0.29, 0.717) is 17.9 Å². The Kier molecular flexibility index (Phi) is 5.57. The van der Waals surface area contributed by atoms with Crippen LogP contribution in [0.1, 0.15) is 25.0 Å². The third-order valence-electron chi connectivity index (χ3n) is 4.14. The Morgan fingerprint density at radius 2 is 2.00 bits per heavy atom. The normalized spacial score (nSPS) is 15.8. The lowest BCUT2D eigenvalue weighted by atomic mass is 10.1. The van der Waals surface area contributed by atoms with Gasteiger partial charge in [0.15, 0.2) is 11.5 Å². The van der Waals surface area contributed by atoms with Gasteiger partial charge in [-0.25, -0.2) is 0 Å². The first-order chi connectivity index (χ1) is 13.6. The first kappa shape index (κ1) is 20.7. The van der Waals surface area contributed by atoms with E-state index in [2.05, 4.69) is 5.10 Å². The number of amides is 1. The van der Waals surface area contributed by atoms with Gasteiger partial charge >= 0.3 is 6.18 Å². The summed E-state index contributed by atoms with van der Waals surface area (Å²) in [5.41, 5.74) is 0.118. The van der Waals surface area contributed by atoms with Gasteiger partial charge in [-0.2, -0.15) is 23.3 Å². The number of hydrazone groups is 1. The Morgan fingerprint density at radius 3 is 2.66 bits per heavy atom. The van der Waals surface area contributed by atoms with Crippen molar-refractivity contribution < 1.29 is 27.8 Å². The number of rotatable bonds is 4. The van der Waals surface area contributed by atoms with Gasteiger partial charge in [0.2, 0.25) is 0 Å². The molecular weight excluding hydrogens is 409 g/mol. The molecule has 0 saturated heterocycles. The molecule has 1 aliphatic heterocycles. The minimum atomic E-state index is -4.53. The summed E-state index contributed by atoms with van der Waals surface area (Å²) in [5.74, 6) is -0.644. The second-order valence-corrected chi connectivity index (χ2v) is 6.60. The van der Waals surface area contributed by atoms with Crippen LogP contribution < -0.4 is 9.75 Å². The van der Waals surface area contributed by atoms with Gasteiger partial charge < -0.3 is 9.84 Å². The fourth-order valence-corrected chi connectivity index (χ4v) is 3.00. The molecule has 152 valence electrons. The highest BCUT2D eigenvalue weighted by Gasteiger charge is 2.33.